The first-order chi connectivity index (χ1) is 15.9. The van der Waals surface area contributed by atoms with Crippen LogP contribution in [0.25, 0.3) is 5.57 Å². The summed E-state index contributed by atoms with van der Waals surface area (Å²) in [6, 6.07) is 10.4. The summed E-state index contributed by atoms with van der Waals surface area (Å²) >= 11 is 0. The third kappa shape index (κ3) is 5.25. The molecule has 1 saturated carbocycles. The monoisotopic (exact) mass is 475 g/mol. The topological polar surface area (TPSA) is 128 Å². The van der Waals surface area contributed by atoms with Crippen molar-refractivity contribution in [2.75, 3.05) is 14.2 Å². The Morgan fingerprint density at radius 1 is 1.21 bits per heavy atom. The Bertz CT molecular complexity index is 1110. The minimum Gasteiger partial charge on any atom is -0.404 e. The van der Waals surface area contributed by atoms with E-state index < -0.39 is 12.7 Å². The van der Waals surface area contributed by atoms with Crippen LogP contribution in [-0.2, 0) is 26.8 Å². The molecule has 1 aromatic heterocycles. The predicted octanol–water partition coefficient (Wildman–Crippen LogP) is 4.55. The summed E-state index contributed by atoms with van der Waals surface area (Å²) in [5.41, 5.74) is 2.80. The molecular formula is C22H26N3O7P. The first-order valence-electron chi connectivity index (χ1n) is 10.6. The SMILES string of the molecule is COP(=O)(/N=C1/CC(c2ccc(CO)cc2)=CC(C2CC2)N1Cc1ccc([N+](=O)[O-])o1)OC. The zero-order chi connectivity index (χ0) is 23.6. The summed E-state index contributed by atoms with van der Waals surface area (Å²) in [6.45, 7) is 0.194. The maximum atomic E-state index is 12.9. The Labute approximate surface area is 191 Å². The number of rotatable bonds is 9. The molecule has 11 heteroatoms. The van der Waals surface area contributed by atoms with E-state index in [4.69, 9.17) is 13.5 Å². The number of furan rings is 1. The highest BCUT2D eigenvalue weighted by Gasteiger charge is 2.40. The number of nitro groups is 1. The van der Waals surface area contributed by atoms with E-state index in [0.717, 1.165) is 29.5 Å². The Balaban J connectivity index is 1.74. The lowest BCUT2D eigenvalue weighted by Crippen LogP contribution is -2.43. The van der Waals surface area contributed by atoms with E-state index in [2.05, 4.69) is 10.8 Å². The first-order valence-corrected chi connectivity index (χ1v) is 12.1. The van der Waals surface area contributed by atoms with Crippen LogP contribution >= 0.6 is 7.75 Å². The number of aliphatic hydroxyl groups is 1. The maximum absolute atomic E-state index is 12.9. The van der Waals surface area contributed by atoms with Crippen molar-refractivity contribution in [2.24, 2.45) is 10.7 Å². The molecule has 176 valence electrons. The third-order valence-corrected chi connectivity index (χ3v) is 7.28. The molecule has 2 aliphatic rings. The lowest BCUT2D eigenvalue weighted by atomic mass is 9.92. The molecule has 0 amide bonds. The van der Waals surface area contributed by atoms with Crippen molar-refractivity contribution < 1.29 is 28.1 Å². The first kappa shape index (κ1) is 23.4. The second kappa shape index (κ2) is 9.61. The molecule has 1 aromatic carbocycles. The number of hydrogen-bond acceptors (Lipinski definition) is 7. The van der Waals surface area contributed by atoms with Gasteiger partial charge in [-0.25, -0.2) is 4.57 Å². The van der Waals surface area contributed by atoms with E-state index in [1.165, 1.54) is 20.3 Å². The van der Waals surface area contributed by atoms with Gasteiger partial charge in [-0.2, -0.15) is 4.76 Å². The zero-order valence-corrected chi connectivity index (χ0v) is 19.3. The van der Waals surface area contributed by atoms with E-state index in [1.807, 2.05) is 29.2 Å². The van der Waals surface area contributed by atoms with Crippen molar-refractivity contribution in [3.63, 3.8) is 0 Å². The molecule has 33 heavy (non-hydrogen) atoms. The number of aliphatic hydroxyl groups excluding tert-OH is 1. The van der Waals surface area contributed by atoms with Crippen LogP contribution in [0.4, 0.5) is 5.88 Å². The second-order valence-corrected chi connectivity index (χ2v) is 9.89. The van der Waals surface area contributed by atoms with Gasteiger partial charge in [0, 0.05) is 20.6 Å². The van der Waals surface area contributed by atoms with Gasteiger partial charge in [-0.3, -0.25) is 19.2 Å². The number of hydrogen-bond donors (Lipinski definition) is 1. The Hall–Kier alpha value is -2.78. The van der Waals surface area contributed by atoms with Crippen LogP contribution < -0.4 is 0 Å². The smallest absolute Gasteiger partial charge is 0.404 e. The molecule has 0 spiro atoms. The molecule has 0 saturated heterocycles. The van der Waals surface area contributed by atoms with Gasteiger partial charge in [-0.05, 0) is 41.5 Å². The Morgan fingerprint density at radius 3 is 2.45 bits per heavy atom. The summed E-state index contributed by atoms with van der Waals surface area (Å²) in [5.74, 6) is 0.954. The van der Waals surface area contributed by atoms with Crippen molar-refractivity contribution in [1.82, 2.24) is 4.90 Å². The molecule has 0 bridgehead atoms. The van der Waals surface area contributed by atoms with Gasteiger partial charge in [0.25, 0.3) is 0 Å². The fourth-order valence-corrected chi connectivity index (χ4v) is 4.74. The third-order valence-electron chi connectivity index (χ3n) is 5.88. The van der Waals surface area contributed by atoms with Gasteiger partial charge in [-0.15, -0.1) is 0 Å². The molecule has 10 nitrogen and oxygen atoms in total. The summed E-state index contributed by atoms with van der Waals surface area (Å²) in [4.78, 5) is 12.4. The molecule has 1 N–H and O–H groups in total. The minimum absolute atomic E-state index is 0.0370. The lowest BCUT2D eigenvalue weighted by molar-refractivity contribution is -0.402. The van der Waals surface area contributed by atoms with Crippen LogP contribution in [0.5, 0.6) is 0 Å². The number of amidine groups is 1. The van der Waals surface area contributed by atoms with Crippen molar-refractivity contribution in [3.8, 4) is 0 Å². The molecule has 1 aliphatic carbocycles. The molecule has 1 fully saturated rings. The highest BCUT2D eigenvalue weighted by Crippen LogP contribution is 2.50. The van der Waals surface area contributed by atoms with Gasteiger partial charge >= 0.3 is 13.6 Å². The lowest BCUT2D eigenvalue weighted by Gasteiger charge is -2.37. The zero-order valence-electron chi connectivity index (χ0n) is 18.4. The Morgan fingerprint density at radius 2 is 1.91 bits per heavy atom. The van der Waals surface area contributed by atoms with Crippen molar-refractivity contribution in [2.45, 2.75) is 38.5 Å². The quantitative estimate of drug-likeness (QED) is 0.318. The summed E-state index contributed by atoms with van der Waals surface area (Å²) in [5, 5.41) is 20.4. The van der Waals surface area contributed by atoms with Gasteiger partial charge in [0.15, 0.2) is 0 Å². The van der Waals surface area contributed by atoms with E-state index in [9.17, 15) is 19.8 Å². The fourth-order valence-electron chi connectivity index (χ4n) is 3.95. The molecular weight excluding hydrogens is 449 g/mol. The van der Waals surface area contributed by atoms with Gasteiger partial charge in [0.2, 0.25) is 0 Å². The van der Waals surface area contributed by atoms with E-state index >= 15 is 0 Å². The summed E-state index contributed by atoms with van der Waals surface area (Å²) in [6.07, 6.45) is 4.60. The molecule has 4 rings (SSSR count). The van der Waals surface area contributed by atoms with E-state index in [0.29, 0.717) is 23.9 Å². The highest BCUT2D eigenvalue weighted by molar-refractivity contribution is 7.52. The van der Waals surface area contributed by atoms with Crippen LogP contribution in [-0.4, -0.2) is 41.0 Å². The molecule has 1 unspecified atom stereocenters. The summed E-state index contributed by atoms with van der Waals surface area (Å²) in [7, 11) is -1.17. The van der Waals surface area contributed by atoms with Gasteiger partial charge in [0.1, 0.15) is 16.5 Å². The molecule has 2 heterocycles. The normalized spacial score (nSPS) is 20.2. The standard InChI is InChI=1S/C22H26N3O7P/c1-30-33(29,31-2)23-21-12-18(16-5-3-15(14-26)4-6-16)11-20(17-7-8-17)24(21)13-19-9-10-22(32-19)25(27)28/h3-6,9-11,17,20,26H,7-8,12-14H2,1-2H3/b23-21-. The Kier molecular flexibility index (Phi) is 6.81. The van der Waals surface area contributed by atoms with Crippen LogP contribution in [0.1, 0.15) is 36.1 Å². The molecule has 0 radical (unpaired) electrons. The summed E-state index contributed by atoms with van der Waals surface area (Å²) < 4.78 is 32.8. The molecule has 1 atom stereocenters. The van der Waals surface area contributed by atoms with Crippen molar-refractivity contribution in [3.05, 3.63) is 69.5 Å². The highest BCUT2D eigenvalue weighted by atomic mass is 31.2. The predicted molar refractivity (Wildman–Crippen MR) is 121 cm³/mol. The van der Waals surface area contributed by atoms with Crippen LogP contribution in [0.2, 0.25) is 0 Å². The van der Waals surface area contributed by atoms with E-state index in [-0.39, 0.29) is 25.1 Å². The van der Waals surface area contributed by atoms with Crippen molar-refractivity contribution in [1.29, 1.82) is 0 Å². The maximum Gasteiger partial charge on any atom is 0.454 e. The van der Waals surface area contributed by atoms with Crippen molar-refractivity contribution >= 4 is 25.0 Å². The molecule has 2 aromatic rings. The minimum atomic E-state index is -3.72. The largest absolute Gasteiger partial charge is 0.454 e. The van der Waals surface area contributed by atoms with Crippen LogP contribution in [0, 0.1) is 16.0 Å². The van der Waals surface area contributed by atoms with E-state index in [1.54, 1.807) is 6.07 Å². The van der Waals surface area contributed by atoms with Crippen LogP contribution in [0.15, 0.2) is 51.7 Å². The van der Waals surface area contributed by atoms with Gasteiger partial charge in [0.05, 0.1) is 25.3 Å². The van der Waals surface area contributed by atoms with Crippen LogP contribution in [0.3, 0.4) is 0 Å². The number of nitrogens with zero attached hydrogens (tertiary/aromatic N) is 3. The second-order valence-electron chi connectivity index (χ2n) is 8.03. The van der Waals surface area contributed by atoms with Gasteiger partial charge in [-0.1, -0.05) is 30.3 Å². The average Bonchev–Trinajstić information content (AvgIpc) is 3.57. The van der Waals surface area contributed by atoms with Gasteiger partial charge < -0.3 is 14.4 Å². The fraction of sp³-hybridized carbons (Fsp3) is 0.409. The average molecular weight is 475 g/mol. The number of benzene rings is 1. The molecule has 1 aliphatic heterocycles.